The van der Waals surface area contributed by atoms with Crippen LogP contribution < -0.4 is 14.8 Å². The van der Waals surface area contributed by atoms with Gasteiger partial charge in [-0.2, -0.15) is 0 Å². The van der Waals surface area contributed by atoms with Crippen LogP contribution in [-0.2, 0) is 0 Å². The van der Waals surface area contributed by atoms with Crippen LogP contribution >= 0.6 is 12.4 Å². The Morgan fingerprint density at radius 3 is 2.61 bits per heavy atom. The van der Waals surface area contributed by atoms with Crippen molar-refractivity contribution in [2.75, 3.05) is 39.9 Å². The van der Waals surface area contributed by atoms with Crippen LogP contribution in [0, 0.1) is 5.92 Å². The van der Waals surface area contributed by atoms with Crippen molar-refractivity contribution < 1.29 is 14.3 Å². The lowest BCUT2D eigenvalue weighted by molar-refractivity contribution is 0.0690. The fourth-order valence-electron chi connectivity index (χ4n) is 3.11. The number of ether oxygens (including phenoxy) is 2. The molecule has 23 heavy (non-hydrogen) atoms. The van der Waals surface area contributed by atoms with E-state index in [0.29, 0.717) is 30.4 Å². The van der Waals surface area contributed by atoms with Crippen LogP contribution in [-0.4, -0.2) is 50.7 Å². The molecule has 0 unspecified atom stereocenters. The van der Waals surface area contributed by atoms with Crippen molar-refractivity contribution in [2.45, 2.75) is 19.3 Å². The Morgan fingerprint density at radius 1 is 1.22 bits per heavy atom. The SMILES string of the molecule is CNCC1CCN(C(=O)c2ccc3c(c2)OCCCO3)CC1.Cl. The van der Waals surface area contributed by atoms with Gasteiger partial charge in [0.2, 0.25) is 0 Å². The van der Waals surface area contributed by atoms with Crippen LogP contribution in [0.5, 0.6) is 11.5 Å². The van der Waals surface area contributed by atoms with Crippen LogP contribution in [0.4, 0.5) is 0 Å². The van der Waals surface area contributed by atoms with Gasteiger partial charge in [0.25, 0.3) is 5.91 Å². The largest absolute Gasteiger partial charge is 0.490 e. The molecule has 128 valence electrons. The lowest BCUT2D eigenvalue weighted by Crippen LogP contribution is -2.40. The molecular weight excluding hydrogens is 316 g/mol. The first-order chi connectivity index (χ1) is 10.8. The maximum atomic E-state index is 12.6. The normalized spacial score (nSPS) is 18.0. The van der Waals surface area contributed by atoms with Crippen molar-refractivity contribution >= 4 is 18.3 Å². The molecule has 0 saturated carbocycles. The van der Waals surface area contributed by atoms with E-state index in [1.807, 2.05) is 30.1 Å². The van der Waals surface area contributed by atoms with Crippen LogP contribution in [0.2, 0.25) is 0 Å². The Bertz CT molecular complexity index is 531. The minimum atomic E-state index is 0. The number of amides is 1. The number of piperidine rings is 1. The second-order valence-electron chi connectivity index (χ2n) is 6.01. The standard InChI is InChI=1S/C17H24N2O3.ClH/c1-18-12-13-5-7-19(8-6-13)17(20)14-3-4-15-16(11-14)22-10-2-9-21-15;/h3-4,11,13,18H,2,5-10,12H2,1H3;1H. The van der Waals surface area contributed by atoms with Crippen molar-refractivity contribution in [3.05, 3.63) is 23.8 Å². The Balaban J connectivity index is 0.00000192. The number of hydrogen-bond acceptors (Lipinski definition) is 4. The molecular formula is C17H25ClN2O3. The zero-order valence-electron chi connectivity index (χ0n) is 13.5. The summed E-state index contributed by atoms with van der Waals surface area (Å²) in [5.41, 5.74) is 0.691. The smallest absolute Gasteiger partial charge is 0.253 e. The molecule has 0 atom stereocenters. The van der Waals surface area contributed by atoms with Gasteiger partial charge in [0.05, 0.1) is 13.2 Å². The number of rotatable bonds is 3. The van der Waals surface area contributed by atoms with Gasteiger partial charge in [-0.3, -0.25) is 4.79 Å². The number of nitrogens with zero attached hydrogens (tertiary/aromatic N) is 1. The van der Waals surface area contributed by atoms with Crippen LogP contribution in [0.25, 0.3) is 0 Å². The third kappa shape index (κ3) is 4.30. The first-order valence-electron chi connectivity index (χ1n) is 8.11. The molecule has 1 aromatic carbocycles. The van der Waals surface area contributed by atoms with E-state index in [2.05, 4.69) is 5.32 Å². The lowest BCUT2D eigenvalue weighted by atomic mass is 9.96. The molecule has 6 heteroatoms. The first kappa shape index (κ1) is 17.9. The van der Waals surface area contributed by atoms with Gasteiger partial charge < -0.3 is 19.7 Å². The first-order valence-corrected chi connectivity index (χ1v) is 8.11. The summed E-state index contributed by atoms with van der Waals surface area (Å²) < 4.78 is 11.3. The van der Waals surface area contributed by atoms with E-state index in [1.165, 1.54) is 0 Å². The van der Waals surface area contributed by atoms with Gasteiger partial charge in [-0.15, -0.1) is 12.4 Å². The second kappa shape index (κ2) is 8.41. The number of likely N-dealkylation sites (tertiary alicyclic amines) is 1. The van der Waals surface area contributed by atoms with Gasteiger partial charge in [0.15, 0.2) is 11.5 Å². The zero-order chi connectivity index (χ0) is 15.4. The molecule has 2 aliphatic rings. The van der Waals surface area contributed by atoms with Crippen LogP contribution in [0.1, 0.15) is 29.6 Å². The molecule has 3 rings (SSSR count). The molecule has 2 aliphatic heterocycles. The average molecular weight is 341 g/mol. The van der Waals surface area contributed by atoms with Gasteiger partial charge in [-0.25, -0.2) is 0 Å². The van der Waals surface area contributed by atoms with E-state index < -0.39 is 0 Å². The van der Waals surface area contributed by atoms with Gasteiger partial charge in [-0.1, -0.05) is 0 Å². The fraction of sp³-hybridized carbons (Fsp3) is 0.588. The molecule has 2 heterocycles. The molecule has 5 nitrogen and oxygen atoms in total. The number of benzene rings is 1. The molecule has 1 amide bonds. The van der Waals surface area contributed by atoms with Gasteiger partial charge in [0.1, 0.15) is 0 Å². The van der Waals surface area contributed by atoms with Crippen LogP contribution in [0.15, 0.2) is 18.2 Å². The second-order valence-corrected chi connectivity index (χ2v) is 6.01. The summed E-state index contributed by atoms with van der Waals surface area (Å²) in [5, 5.41) is 3.22. The molecule has 0 radical (unpaired) electrons. The lowest BCUT2D eigenvalue weighted by Gasteiger charge is -2.32. The summed E-state index contributed by atoms with van der Waals surface area (Å²) in [5.74, 6) is 2.20. The predicted octanol–water partition coefficient (Wildman–Crippen LogP) is 2.34. The van der Waals surface area contributed by atoms with E-state index in [9.17, 15) is 4.79 Å². The molecule has 1 saturated heterocycles. The monoisotopic (exact) mass is 340 g/mol. The van der Waals surface area contributed by atoms with Crippen molar-refractivity contribution in [2.24, 2.45) is 5.92 Å². The Labute approximate surface area is 143 Å². The average Bonchev–Trinajstić information content (AvgIpc) is 2.80. The molecule has 1 fully saturated rings. The zero-order valence-corrected chi connectivity index (χ0v) is 14.4. The quantitative estimate of drug-likeness (QED) is 0.917. The van der Waals surface area contributed by atoms with Crippen molar-refractivity contribution in [3.8, 4) is 11.5 Å². The summed E-state index contributed by atoms with van der Waals surface area (Å²) in [6.45, 7) is 4.00. The third-order valence-corrected chi connectivity index (χ3v) is 4.39. The van der Waals surface area contributed by atoms with Gasteiger partial charge in [-0.05, 0) is 50.6 Å². The number of carbonyl (C=O) groups excluding carboxylic acids is 1. The minimum Gasteiger partial charge on any atom is -0.490 e. The van der Waals surface area contributed by atoms with Gasteiger partial charge >= 0.3 is 0 Å². The number of carbonyl (C=O) groups is 1. The van der Waals surface area contributed by atoms with E-state index in [4.69, 9.17) is 9.47 Å². The van der Waals surface area contributed by atoms with Gasteiger partial charge in [0, 0.05) is 25.1 Å². The Hall–Kier alpha value is -1.46. The molecule has 0 spiro atoms. The molecule has 1 aromatic rings. The summed E-state index contributed by atoms with van der Waals surface area (Å²) >= 11 is 0. The minimum absolute atomic E-state index is 0. The number of nitrogens with one attached hydrogen (secondary N) is 1. The maximum absolute atomic E-state index is 12.6. The Morgan fingerprint density at radius 2 is 1.91 bits per heavy atom. The summed E-state index contributed by atoms with van der Waals surface area (Å²) in [4.78, 5) is 14.6. The summed E-state index contributed by atoms with van der Waals surface area (Å²) in [6.07, 6.45) is 3.01. The van der Waals surface area contributed by atoms with E-state index in [1.54, 1.807) is 0 Å². The van der Waals surface area contributed by atoms with E-state index in [-0.39, 0.29) is 18.3 Å². The highest BCUT2D eigenvalue weighted by molar-refractivity contribution is 5.95. The summed E-state index contributed by atoms with van der Waals surface area (Å²) in [6, 6.07) is 5.51. The fourth-order valence-corrected chi connectivity index (χ4v) is 3.11. The molecule has 0 bridgehead atoms. The highest BCUT2D eigenvalue weighted by Crippen LogP contribution is 2.31. The van der Waals surface area contributed by atoms with Crippen molar-refractivity contribution in [1.29, 1.82) is 0 Å². The Kier molecular flexibility index (Phi) is 6.54. The highest BCUT2D eigenvalue weighted by atomic mass is 35.5. The van der Waals surface area contributed by atoms with Crippen LogP contribution in [0.3, 0.4) is 0 Å². The predicted molar refractivity (Wildman–Crippen MR) is 91.9 cm³/mol. The van der Waals surface area contributed by atoms with E-state index >= 15 is 0 Å². The topological polar surface area (TPSA) is 50.8 Å². The summed E-state index contributed by atoms with van der Waals surface area (Å²) in [7, 11) is 1.98. The number of fused-ring (bicyclic) bond motifs is 1. The molecule has 1 N–H and O–H groups in total. The molecule has 0 aromatic heterocycles. The highest BCUT2D eigenvalue weighted by Gasteiger charge is 2.24. The number of halogens is 1. The maximum Gasteiger partial charge on any atom is 0.253 e. The van der Waals surface area contributed by atoms with Crippen molar-refractivity contribution in [1.82, 2.24) is 10.2 Å². The number of hydrogen-bond donors (Lipinski definition) is 1. The van der Waals surface area contributed by atoms with E-state index in [0.717, 1.165) is 44.6 Å². The molecule has 0 aliphatic carbocycles. The third-order valence-electron chi connectivity index (χ3n) is 4.39. The van der Waals surface area contributed by atoms with Crippen molar-refractivity contribution in [3.63, 3.8) is 0 Å².